The van der Waals surface area contributed by atoms with Crippen LogP contribution in [-0.2, 0) is 0 Å². The van der Waals surface area contributed by atoms with Gasteiger partial charge in [-0.05, 0) is 32.0 Å². The van der Waals surface area contributed by atoms with Crippen LogP contribution in [0, 0.1) is 13.8 Å². The van der Waals surface area contributed by atoms with E-state index in [4.69, 9.17) is 20.8 Å². The Morgan fingerprint density at radius 2 is 1.65 bits per heavy atom. The molecule has 34 heavy (non-hydrogen) atoms. The molecule has 0 atom stereocenters. The highest BCUT2D eigenvalue weighted by molar-refractivity contribution is 7.20. The normalized spacial score (nSPS) is 11.5. The van der Waals surface area contributed by atoms with Crippen LogP contribution in [0.2, 0.25) is 0 Å². The number of nitrogen functional groups attached to an aromatic ring is 1. The van der Waals surface area contributed by atoms with Gasteiger partial charge in [0.1, 0.15) is 21.2 Å². The van der Waals surface area contributed by atoms with Gasteiger partial charge in [-0.2, -0.15) is 5.10 Å². The number of hydrogen-bond donors (Lipinski definition) is 2. The molecule has 0 aliphatic heterocycles. The summed E-state index contributed by atoms with van der Waals surface area (Å²) in [5, 5.41) is 10.6. The van der Waals surface area contributed by atoms with E-state index in [1.807, 2.05) is 68.4 Å². The van der Waals surface area contributed by atoms with Gasteiger partial charge in [0.25, 0.3) is 0 Å². The third kappa shape index (κ3) is 3.11. The number of carbonyl (C=O) groups excluding carboxylic acids is 1. The van der Waals surface area contributed by atoms with E-state index < -0.39 is 0 Å². The quantitative estimate of drug-likeness (QED) is 0.326. The van der Waals surface area contributed by atoms with Crippen LogP contribution in [0.3, 0.4) is 0 Å². The number of fused-ring (bicyclic) bond motifs is 5. The number of aryl methyl sites for hydroxylation is 2. The molecule has 6 rings (SSSR count). The van der Waals surface area contributed by atoms with Crippen molar-refractivity contribution in [2.24, 2.45) is 0 Å². The SMILES string of the molecule is Cc1cc(C)n2nc3c4c(Nc5ccccc5)sc(C(=O)c5ccccc5)c4nc(N)c3c2n1. The zero-order valence-electron chi connectivity index (χ0n) is 18.5. The molecule has 0 spiro atoms. The molecule has 8 heteroatoms. The van der Waals surface area contributed by atoms with Gasteiger partial charge in [-0.25, -0.2) is 14.5 Å². The van der Waals surface area contributed by atoms with Gasteiger partial charge in [0, 0.05) is 22.6 Å². The van der Waals surface area contributed by atoms with Crippen LogP contribution in [0.15, 0.2) is 66.7 Å². The Labute approximate surface area is 198 Å². The number of aromatic nitrogens is 4. The fourth-order valence-electron chi connectivity index (χ4n) is 4.27. The van der Waals surface area contributed by atoms with Crippen molar-refractivity contribution >= 4 is 61.1 Å². The van der Waals surface area contributed by atoms with Crippen molar-refractivity contribution in [1.29, 1.82) is 0 Å². The summed E-state index contributed by atoms with van der Waals surface area (Å²) in [5.41, 5.74) is 11.7. The first-order chi connectivity index (χ1) is 16.5. The number of para-hydroxylation sites is 1. The minimum Gasteiger partial charge on any atom is -0.383 e. The third-order valence-corrected chi connectivity index (χ3v) is 6.87. The molecule has 6 aromatic rings. The molecule has 0 saturated heterocycles. The monoisotopic (exact) mass is 464 g/mol. The number of anilines is 3. The van der Waals surface area contributed by atoms with Crippen molar-refractivity contribution in [1.82, 2.24) is 19.6 Å². The van der Waals surface area contributed by atoms with Crippen molar-refractivity contribution in [3.05, 3.63) is 88.6 Å². The summed E-state index contributed by atoms with van der Waals surface area (Å²) in [6.07, 6.45) is 0. The van der Waals surface area contributed by atoms with Crippen LogP contribution in [0.4, 0.5) is 16.5 Å². The molecule has 4 aromatic heterocycles. The maximum absolute atomic E-state index is 13.5. The van der Waals surface area contributed by atoms with Gasteiger partial charge >= 0.3 is 0 Å². The van der Waals surface area contributed by atoms with E-state index in [1.165, 1.54) is 11.3 Å². The van der Waals surface area contributed by atoms with Crippen molar-refractivity contribution in [2.45, 2.75) is 13.8 Å². The Morgan fingerprint density at radius 3 is 2.38 bits per heavy atom. The summed E-state index contributed by atoms with van der Waals surface area (Å²) in [6, 6.07) is 21.0. The molecule has 7 nitrogen and oxygen atoms in total. The minimum absolute atomic E-state index is 0.100. The Morgan fingerprint density at radius 1 is 0.941 bits per heavy atom. The van der Waals surface area contributed by atoms with E-state index in [2.05, 4.69) is 5.32 Å². The second-order valence-electron chi connectivity index (χ2n) is 8.17. The van der Waals surface area contributed by atoms with Crippen LogP contribution in [-0.4, -0.2) is 25.4 Å². The molecule has 0 aliphatic rings. The highest BCUT2D eigenvalue weighted by Crippen LogP contribution is 2.43. The standard InChI is InChI=1S/C26H20N6OS/c1-14-13-15(2)32-25(28-14)19-20(31-32)18-21(30-24(19)27)23(22(33)16-9-5-3-6-10-16)34-26(18)29-17-11-7-4-8-12-17/h3-13,29H,1-2H3,(H2,27,30). The van der Waals surface area contributed by atoms with E-state index >= 15 is 0 Å². The Bertz CT molecular complexity index is 1720. The topological polar surface area (TPSA) is 98.2 Å². The molecule has 0 fully saturated rings. The highest BCUT2D eigenvalue weighted by atomic mass is 32.1. The summed E-state index contributed by atoms with van der Waals surface area (Å²) in [4.78, 5) is 23.4. The molecule has 0 radical (unpaired) electrons. The van der Waals surface area contributed by atoms with Crippen molar-refractivity contribution in [3.63, 3.8) is 0 Å². The minimum atomic E-state index is -0.100. The summed E-state index contributed by atoms with van der Waals surface area (Å²) >= 11 is 1.36. The van der Waals surface area contributed by atoms with Gasteiger partial charge in [0.15, 0.2) is 5.65 Å². The number of benzene rings is 2. The van der Waals surface area contributed by atoms with E-state index in [0.29, 0.717) is 38.3 Å². The van der Waals surface area contributed by atoms with Crippen LogP contribution < -0.4 is 11.1 Å². The largest absolute Gasteiger partial charge is 0.383 e. The number of ketones is 1. The lowest BCUT2D eigenvalue weighted by atomic mass is 10.1. The third-order valence-electron chi connectivity index (χ3n) is 5.78. The summed E-state index contributed by atoms with van der Waals surface area (Å²) in [6.45, 7) is 3.92. The number of nitrogens with zero attached hydrogens (tertiary/aromatic N) is 4. The smallest absolute Gasteiger partial charge is 0.205 e. The Hall–Kier alpha value is -4.30. The predicted molar refractivity (Wildman–Crippen MR) is 137 cm³/mol. The Balaban J connectivity index is 1.70. The highest BCUT2D eigenvalue weighted by Gasteiger charge is 2.26. The first kappa shape index (κ1) is 20.3. The molecule has 0 unspecified atom stereocenters. The lowest BCUT2D eigenvalue weighted by Gasteiger charge is -2.04. The summed E-state index contributed by atoms with van der Waals surface area (Å²) in [7, 11) is 0. The van der Waals surface area contributed by atoms with Gasteiger partial charge in [-0.3, -0.25) is 4.79 Å². The van der Waals surface area contributed by atoms with Crippen LogP contribution >= 0.6 is 11.3 Å². The zero-order valence-corrected chi connectivity index (χ0v) is 19.4. The van der Waals surface area contributed by atoms with Crippen molar-refractivity contribution in [2.75, 3.05) is 11.1 Å². The molecule has 0 amide bonds. The molecule has 2 aromatic carbocycles. The molecule has 166 valence electrons. The fourth-order valence-corrected chi connectivity index (χ4v) is 5.40. The van der Waals surface area contributed by atoms with E-state index in [1.54, 1.807) is 16.6 Å². The lowest BCUT2D eigenvalue weighted by Crippen LogP contribution is -2.00. The van der Waals surface area contributed by atoms with Crippen molar-refractivity contribution in [3.8, 4) is 0 Å². The predicted octanol–water partition coefficient (Wildman–Crippen LogP) is 5.67. The van der Waals surface area contributed by atoms with Gasteiger partial charge in [-0.1, -0.05) is 48.5 Å². The molecular weight excluding hydrogens is 444 g/mol. The number of carbonyl (C=O) groups is 1. The zero-order chi connectivity index (χ0) is 23.4. The maximum atomic E-state index is 13.5. The van der Waals surface area contributed by atoms with Gasteiger partial charge < -0.3 is 11.1 Å². The number of hydrogen-bond acceptors (Lipinski definition) is 7. The van der Waals surface area contributed by atoms with E-state index in [-0.39, 0.29) is 5.78 Å². The second kappa shape index (κ2) is 7.64. The average Bonchev–Trinajstić information content (AvgIpc) is 3.39. The Kier molecular flexibility index (Phi) is 4.56. The average molecular weight is 465 g/mol. The van der Waals surface area contributed by atoms with Crippen LogP contribution in [0.1, 0.15) is 26.6 Å². The molecule has 3 N–H and O–H groups in total. The lowest BCUT2D eigenvalue weighted by molar-refractivity contribution is 0.104. The number of thiophene rings is 1. The molecule has 0 bridgehead atoms. The number of pyridine rings is 1. The van der Waals surface area contributed by atoms with E-state index in [0.717, 1.165) is 27.5 Å². The number of nitrogens with two attached hydrogens (primary N) is 1. The molecule has 0 aliphatic carbocycles. The first-order valence-electron chi connectivity index (χ1n) is 10.8. The molecule has 4 heterocycles. The molecule has 0 saturated carbocycles. The van der Waals surface area contributed by atoms with Crippen LogP contribution in [0.25, 0.3) is 27.5 Å². The first-order valence-corrected chi connectivity index (χ1v) is 11.6. The summed E-state index contributed by atoms with van der Waals surface area (Å²) in [5.74, 6) is 0.207. The van der Waals surface area contributed by atoms with Crippen LogP contribution in [0.5, 0.6) is 0 Å². The molecular formula is C26H20N6OS. The van der Waals surface area contributed by atoms with Crippen molar-refractivity contribution < 1.29 is 4.79 Å². The maximum Gasteiger partial charge on any atom is 0.205 e. The van der Waals surface area contributed by atoms with Gasteiger partial charge in [-0.15, -0.1) is 11.3 Å². The second-order valence-corrected chi connectivity index (χ2v) is 9.19. The number of nitrogens with one attached hydrogen (secondary N) is 1. The fraction of sp³-hybridized carbons (Fsp3) is 0.0769. The summed E-state index contributed by atoms with van der Waals surface area (Å²) < 4.78 is 1.79. The van der Waals surface area contributed by atoms with Gasteiger partial charge in [0.2, 0.25) is 5.78 Å². The van der Waals surface area contributed by atoms with Gasteiger partial charge in [0.05, 0.1) is 16.3 Å². The van der Waals surface area contributed by atoms with E-state index in [9.17, 15) is 4.79 Å². The number of rotatable bonds is 4.